The summed E-state index contributed by atoms with van der Waals surface area (Å²) >= 11 is 5.79. The van der Waals surface area contributed by atoms with Crippen LogP contribution in [-0.2, 0) is 11.2 Å². The Labute approximate surface area is 89.1 Å². The molecular formula is C12H13ClO. The maximum absolute atomic E-state index is 11.4. The molecule has 2 rings (SSSR count). The molecule has 74 valence electrons. The Bertz CT molecular complexity index is 349. The first-order chi connectivity index (χ1) is 6.62. The molecule has 0 unspecified atom stereocenters. The molecule has 1 fully saturated rings. The Morgan fingerprint density at radius 3 is 2.36 bits per heavy atom. The quantitative estimate of drug-likeness (QED) is 0.745. The van der Waals surface area contributed by atoms with Crippen LogP contribution in [0.15, 0.2) is 24.3 Å². The molecule has 1 aromatic carbocycles. The van der Waals surface area contributed by atoms with Crippen LogP contribution in [-0.4, -0.2) is 5.78 Å². The minimum atomic E-state index is -0.0339. The first-order valence-corrected chi connectivity index (χ1v) is 5.26. The van der Waals surface area contributed by atoms with E-state index < -0.39 is 0 Å². The summed E-state index contributed by atoms with van der Waals surface area (Å²) in [5.41, 5.74) is 1.18. The molecule has 0 saturated heterocycles. The van der Waals surface area contributed by atoms with Crippen molar-refractivity contribution < 1.29 is 4.79 Å². The van der Waals surface area contributed by atoms with Crippen molar-refractivity contribution in [1.82, 2.24) is 0 Å². The fourth-order valence-electron chi connectivity index (χ4n) is 1.80. The van der Waals surface area contributed by atoms with Gasteiger partial charge in [-0.1, -0.05) is 23.7 Å². The molecule has 0 radical (unpaired) electrons. The van der Waals surface area contributed by atoms with Crippen LogP contribution in [0.1, 0.15) is 25.3 Å². The molecule has 1 aromatic rings. The molecule has 1 saturated carbocycles. The minimum absolute atomic E-state index is 0.0339. The summed E-state index contributed by atoms with van der Waals surface area (Å²) < 4.78 is 0. The molecule has 0 aliphatic heterocycles. The average Bonchev–Trinajstić information content (AvgIpc) is 2.90. The van der Waals surface area contributed by atoms with Gasteiger partial charge in [0.05, 0.1) is 0 Å². The Kier molecular flexibility index (Phi) is 2.36. The number of halogens is 1. The zero-order valence-electron chi connectivity index (χ0n) is 8.22. The van der Waals surface area contributed by atoms with Crippen LogP contribution in [0.2, 0.25) is 5.02 Å². The van der Waals surface area contributed by atoms with E-state index in [1.165, 1.54) is 5.56 Å². The largest absolute Gasteiger partial charge is 0.299 e. The Hall–Kier alpha value is -0.820. The van der Waals surface area contributed by atoms with Crippen LogP contribution < -0.4 is 0 Å². The third kappa shape index (κ3) is 1.83. The van der Waals surface area contributed by atoms with Gasteiger partial charge in [-0.05, 0) is 43.9 Å². The lowest BCUT2D eigenvalue weighted by Gasteiger charge is -2.10. The average molecular weight is 209 g/mol. The van der Waals surface area contributed by atoms with Crippen molar-refractivity contribution in [3.63, 3.8) is 0 Å². The summed E-state index contributed by atoms with van der Waals surface area (Å²) in [6.45, 7) is 1.70. The maximum atomic E-state index is 11.4. The zero-order valence-corrected chi connectivity index (χ0v) is 8.97. The number of rotatable bonds is 3. The molecule has 0 spiro atoms. The third-order valence-electron chi connectivity index (χ3n) is 3.06. The third-order valence-corrected chi connectivity index (χ3v) is 3.31. The predicted octanol–water partition coefficient (Wildman–Crippen LogP) is 3.25. The molecule has 0 N–H and O–H groups in total. The highest BCUT2D eigenvalue weighted by Crippen LogP contribution is 2.49. The highest BCUT2D eigenvalue weighted by Gasteiger charge is 2.46. The summed E-state index contributed by atoms with van der Waals surface area (Å²) in [4.78, 5) is 11.4. The normalized spacial score (nSPS) is 17.9. The van der Waals surface area contributed by atoms with E-state index in [2.05, 4.69) is 0 Å². The highest BCUT2D eigenvalue weighted by molar-refractivity contribution is 6.30. The number of hydrogen-bond donors (Lipinski definition) is 0. The summed E-state index contributed by atoms with van der Waals surface area (Å²) in [6, 6.07) is 7.77. The molecule has 1 aliphatic carbocycles. The monoisotopic (exact) mass is 208 g/mol. The molecular weight excluding hydrogens is 196 g/mol. The Balaban J connectivity index is 2.11. The van der Waals surface area contributed by atoms with Crippen molar-refractivity contribution in [1.29, 1.82) is 0 Å². The van der Waals surface area contributed by atoms with E-state index in [0.717, 1.165) is 24.3 Å². The van der Waals surface area contributed by atoms with E-state index in [-0.39, 0.29) is 5.41 Å². The number of hydrogen-bond acceptors (Lipinski definition) is 1. The van der Waals surface area contributed by atoms with Gasteiger partial charge in [-0.25, -0.2) is 0 Å². The van der Waals surface area contributed by atoms with Gasteiger partial charge in [-0.3, -0.25) is 4.79 Å². The van der Waals surface area contributed by atoms with Gasteiger partial charge in [-0.15, -0.1) is 0 Å². The second-order valence-corrected chi connectivity index (χ2v) is 4.58. The molecule has 1 aliphatic rings. The standard InChI is InChI=1S/C12H13ClO/c1-9(14)12(6-7-12)8-10-2-4-11(13)5-3-10/h2-5H,6-8H2,1H3. The van der Waals surface area contributed by atoms with Crippen molar-refractivity contribution in [3.05, 3.63) is 34.9 Å². The van der Waals surface area contributed by atoms with Crippen LogP contribution in [0.3, 0.4) is 0 Å². The molecule has 1 nitrogen and oxygen atoms in total. The van der Waals surface area contributed by atoms with Gasteiger partial charge < -0.3 is 0 Å². The van der Waals surface area contributed by atoms with Gasteiger partial charge in [-0.2, -0.15) is 0 Å². The van der Waals surface area contributed by atoms with E-state index >= 15 is 0 Å². The van der Waals surface area contributed by atoms with Crippen molar-refractivity contribution in [2.75, 3.05) is 0 Å². The predicted molar refractivity (Wildman–Crippen MR) is 57.5 cm³/mol. The lowest BCUT2D eigenvalue weighted by Crippen LogP contribution is -2.14. The van der Waals surface area contributed by atoms with Gasteiger partial charge in [0, 0.05) is 10.4 Å². The molecule has 14 heavy (non-hydrogen) atoms. The van der Waals surface area contributed by atoms with E-state index in [1.807, 2.05) is 24.3 Å². The van der Waals surface area contributed by atoms with E-state index in [9.17, 15) is 4.79 Å². The maximum Gasteiger partial charge on any atom is 0.136 e. The van der Waals surface area contributed by atoms with E-state index in [1.54, 1.807) is 6.92 Å². The van der Waals surface area contributed by atoms with Crippen molar-refractivity contribution in [3.8, 4) is 0 Å². The lowest BCUT2D eigenvalue weighted by molar-refractivity contribution is -0.121. The van der Waals surface area contributed by atoms with Crippen LogP contribution >= 0.6 is 11.6 Å². The van der Waals surface area contributed by atoms with Gasteiger partial charge >= 0.3 is 0 Å². The zero-order chi connectivity index (χ0) is 10.2. The van der Waals surface area contributed by atoms with Gasteiger partial charge in [0.25, 0.3) is 0 Å². The Morgan fingerprint density at radius 1 is 1.36 bits per heavy atom. The minimum Gasteiger partial charge on any atom is -0.299 e. The second-order valence-electron chi connectivity index (χ2n) is 4.14. The van der Waals surface area contributed by atoms with E-state index in [4.69, 9.17) is 11.6 Å². The number of ketones is 1. The smallest absolute Gasteiger partial charge is 0.136 e. The first kappa shape index (κ1) is 9.72. The van der Waals surface area contributed by atoms with Gasteiger partial charge in [0.1, 0.15) is 5.78 Å². The summed E-state index contributed by atoms with van der Waals surface area (Å²) in [6.07, 6.45) is 2.97. The molecule has 0 aromatic heterocycles. The molecule has 0 amide bonds. The molecule has 0 bridgehead atoms. The second kappa shape index (κ2) is 3.39. The fraction of sp³-hybridized carbons (Fsp3) is 0.417. The topological polar surface area (TPSA) is 17.1 Å². The number of Topliss-reactive ketones (excluding diaryl/α,β-unsaturated/α-hetero) is 1. The van der Waals surface area contributed by atoms with Gasteiger partial charge in [0.2, 0.25) is 0 Å². The SMILES string of the molecule is CC(=O)C1(Cc2ccc(Cl)cc2)CC1. The van der Waals surface area contributed by atoms with Crippen molar-refractivity contribution in [2.45, 2.75) is 26.2 Å². The summed E-state index contributed by atoms with van der Waals surface area (Å²) in [7, 11) is 0. The number of benzene rings is 1. The van der Waals surface area contributed by atoms with Gasteiger partial charge in [0.15, 0.2) is 0 Å². The fourth-order valence-corrected chi connectivity index (χ4v) is 1.92. The molecule has 2 heteroatoms. The number of carbonyl (C=O) groups excluding carboxylic acids is 1. The van der Waals surface area contributed by atoms with Crippen molar-refractivity contribution >= 4 is 17.4 Å². The van der Waals surface area contributed by atoms with Crippen LogP contribution in [0.25, 0.3) is 0 Å². The van der Waals surface area contributed by atoms with E-state index in [0.29, 0.717) is 5.78 Å². The van der Waals surface area contributed by atoms with Crippen molar-refractivity contribution in [2.24, 2.45) is 5.41 Å². The summed E-state index contributed by atoms with van der Waals surface area (Å²) in [5.74, 6) is 0.326. The van der Waals surface area contributed by atoms with Crippen LogP contribution in [0, 0.1) is 5.41 Å². The lowest BCUT2D eigenvalue weighted by atomic mass is 9.93. The summed E-state index contributed by atoms with van der Waals surface area (Å²) in [5, 5.41) is 0.751. The first-order valence-electron chi connectivity index (χ1n) is 4.88. The Morgan fingerprint density at radius 2 is 1.93 bits per heavy atom. The van der Waals surface area contributed by atoms with Crippen LogP contribution in [0.5, 0.6) is 0 Å². The highest BCUT2D eigenvalue weighted by atomic mass is 35.5. The molecule has 0 atom stereocenters. The van der Waals surface area contributed by atoms with Crippen LogP contribution in [0.4, 0.5) is 0 Å². The molecule has 0 heterocycles. The number of carbonyl (C=O) groups is 1.